The number of carbonyl (C=O) groups is 1. The third kappa shape index (κ3) is 3.37. The first-order valence-electron chi connectivity index (χ1n) is 9.39. The zero-order valence-electron chi connectivity index (χ0n) is 16.6. The van der Waals surface area contributed by atoms with Gasteiger partial charge in [0.1, 0.15) is 23.7 Å². The predicted octanol–water partition coefficient (Wildman–Crippen LogP) is 2.45. The first-order chi connectivity index (χ1) is 13.4. The highest BCUT2D eigenvalue weighted by Gasteiger charge is 2.25. The molecule has 0 radical (unpaired) electrons. The maximum Gasteiger partial charge on any atom is 0.257 e. The van der Waals surface area contributed by atoms with Crippen LogP contribution in [0.1, 0.15) is 33.3 Å². The van der Waals surface area contributed by atoms with E-state index in [4.69, 9.17) is 4.42 Å². The van der Waals surface area contributed by atoms with Crippen molar-refractivity contribution in [2.45, 2.75) is 27.7 Å². The van der Waals surface area contributed by atoms with Crippen LogP contribution in [-0.4, -0.2) is 56.7 Å². The summed E-state index contributed by atoms with van der Waals surface area (Å²) in [6.45, 7) is 10.4. The summed E-state index contributed by atoms with van der Waals surface area (Å²) in [7, 11) is 0. The Morgan fingerprint density at radius 3 is 2.29 bits per heavy atom. The first kappa shape index (κ1) is 18.2. The Morgan fingerprint density at radius 2 is 1.68 bits per heavy atom. The van der Waals surface area contributed by atoms with Crippen LogP contribution < -0.4 is 4.90 Å². The van der Waals surface area contributed by atoms with Gasteiger partial charge in [0.15, 0.2) is 5.82 Å². The Labute approximate surface area is 163 Å². The van der Waals surface area contributed by atoms with E-state index in [2.05, 4.69) is 20.0 Å². The van der Waals surface area contributed by atoms with Crippen molar-refractivity contribution in [3.05, 3.63) is 53.0 Å². The molecule has 1 amide bonds. The maximum absolute atomic E-state index is 12.8. The van der Waals surface area contributed by atoms with Gasteiger partial charge in [-0.1, -0.05) is 0 Å². The van der Waals surface area contributed by atoms with E-state index in [0.717, 1.165) is 41.9 Å². The summed E-state index contributed by atoms with van der Waals surface area (Å²) in [6, 6.07) is 5.78. The quantitative estimate of drug-likeness (QED) is 0.694. The van der Waals surface area contributed by atoms with E-state index in [1.54, 1.807) is 6.33 Å². The molecule has 0 atom stereocenters. The SMILES string of the molecule is Cc1cc(C)n(-c2cc(N3CCN(C(=O)c4cc(C)oc4C)CC3)ncn2)n1. The van der Waals surface area contributed by atoms with Gasteiger partial charge in [-0.25, -0.2) is 14.6 Å². The summed E-state index contributed by atoms with van der Waals surface area (Å²) < 4.78 is 7.32. The van der Waals surface area contributed by atoms with Gasteiger partial charge >= 0.3 is 0 Å². The number of piperazine rings is 1. The minimum absolute atomic E-state index is 0.0278. The molecule has 146 valence electrons. The van der Waals surface area contributed by atoms with Gasteiger partial charge in [-0.3, -0.25) is 4.79 Å². The number of hydrogen-bond acceptors (Lipinski definition) is 6. The normalized spacial score (nSPS) is 14.6. The summed E-state index contributed by atoms with van der Waals surface area (Å²) in [5.74, 6) is 3.06. The van der Waals surface area contributed by atoms with E-state index >= 15 is 0 Å². The minimum Gasteiger partial charge on any atom is -0.466 e. The average molecular weight is 380 g/mol. The Kier molecular flexibility index (Phi) is 4.62. The van der Waals surface area contributed by atoms with Crippen LogP contribution in [0, 0.1) is 27.7 Å². The van der Waals surface area contributed by atoms with Crippen LogP contribution >= 0.6 is 0 Å². The molecule has 4 heterocycles. The van der Waals surface area contributed by atoms with Gasteiger partial charge in [0, 0.05) is 37.9 Å². The van der Waals surface area contributed by atoms with Gasteiger partial charge in [0.05, 0.1) is 11.3 Å². The highest BCUT2D eigenvalue weighted by molar-refractivity contribution is 5.95. The molecule has 0 unspecified atom stereocenters. The monoisotopic (exact) mass is 380 g/mol. The smallest absolute Gasteiger partial charge is 0.257 e. The van der Waals surface area contributed by atoms with Crippen molar-refractivity contribution in [1.29, 1.82) is 0 Å². The van der Waals surface area contributed by atoms with Gasteiger partial charge in [-0.2, -0.15) is 5.10 Å². The molecule has 0 saturated carbocycles. The molecule has 1 aliphatic rings. The van der Waals surface area contributed by atoms with E-state index in [0.29, 0.717) is 24.4 Å². The second kappa shape index (κ2) is 7.10. The topological polar surface area (TPSA) is 80.3 Å². The molecule has 0 aliphatic carbocycles. The van der Waals surface area contributed by atoms with E-state index in [9.17, 15) is 4.79 Å². The van der Waals surface area contributed by atoms with Crippen LogP contribution in [0.3, 0.4) is 0 Å². The number of aryl methyl sites for hydroxylation is 4. The number of aromatic nitrogens is 4. The van der Waals surface area contributed by atoms with Crippen molar-refractivity contribution < 1.29 is 9.21 Å². The molecule has 3 aromatic rings. The van der Waals surface area contributed by atoms with Crippen molar-refractivity contribution in [2.75, 3.05) is 31.1 Å². The molecule has 0 bridgehead atoms. The van der Waals surface area contributed by atoms with E-state index in [1.807, 2.05) is 55.5 Å². The molecular formula is C20H24N6O2. The summed E-state index contributed by atoms with van der Waals surface area (Å²) in [5, 5.41) is 4.49. The lowest BCUT2D eigenvalue weighted by molar-refractivity contribution is 0.0744. The summed E-state index contributed by atoms with van der Waals surface area (Å²) in [4.78, 5) is 25.6. The van der Waals surface area contributed by atoms with Crippen LogP contribution in [0.15, 0.2) is 28.9 Å². The van der Waals surface area contributed by atoms with Crippen molar-refractivity contribution in [3.8, 4) is 5.82 Å². The van der Waals surface area contributed by atoms with Crippen LogP contribution in [0.4, 0.5) is 5.82 Å². The van der Waals surface area contributed by atoms with Crippen LogP contribution in [-0.2, 0) is 0 Å². The number of hydrogen-bond donors (Lipinski definition) is 0. The second-order valence-electron chi connectivity index (χ2n) is 7.18. The molecule has 1 fully saturated rings. The van der Waals surface area contributed by atoms with E-state index in [-0.39, 0.29) is 5.91 Å². The molecule has 8 heteroatoms. The van der Waals surface area contributed by atoms with E-state index < -0.39 is 0 Å². The van der Waals surface area contributed by atoms with Gasteiger partial charge in [-0.15, -0.1) is 0 Å². The summed E-state index contributed by atoms with van der Waals surface area (Å²) >= 11 is 0. The first-order valence-corrected chi connectivity index (χ1v) is 9.39. The fourth-order valence-electron chi connectivity index (χ4n) is 3.64. The predicted molar refractivity (Wildman–Crippen MR) is 105 cm³/mol. The van der Waals surface area contributed by atoms with Crippen molar-refractivity contribution in [3.63, 3.8) is 0 Å². The Bertz CT molecular complexity index is 1010. The number of amides is 1. The molecule has 8 nitrogen and oxygen atoms in total. The molecule has 1 aliphatic heterocycles. The summed E-state index contributed by atoms with van der Waals surface area (Å²) in [5.41, 5.74) is 2.64. The molecule has 4 rings (SSSR count). The molecule has 0 aromatic carbocycles. The summed E-state index contributed by atoms with van der Waals surface area (Å²) in [6.07, 6.45) is 1.57. The molecule has 0 N–H and O–H groups in total. The number of furan rings is 1. The molecular weight excluding hydrogens is 356 g/mol. The molecule has 28 heavy (non-hydrogen) atoms. The van der Waals surface area contributed by atoms with Gasteiger partial charge in [0.2, 0.25) is 0 Å². The number of carbonyl (C=O) groups excluding carboxylic acids is 1. The molecule has 3 aromatic heterocycles. The van der Waals surface area contributed by atoms with Crippen LogP contribution in [0.25, 0.3) is 5.82 Å². The van der Waals surface area contributed by atoms with Gasteiger partial charge in [-0.05, 0) is 39.8 Å². The zero-order valence-corrected chi connectivity index (χ0v) is 16.6. The fraction of sp³-hybridized carbons (Fsp3) is 0.400. The number of rotatable bonds is 3. The van der Waals surface area contributed by atoms with Crippen LogP contribution in [0.5, 0.6) is 0 Å². The lowest BCUT2D eigenvalue weighted by Crippen LogP contribution is -2.49. The number of anilines is 1. The highest BCUT2D eigenvalue weighted by atomic mass is 16.3. The lowest BCUT2D eigenvalue weighted by Gasteiger charge is -2.35. The third-order valence-electron chi connectivity index (χ3n) is 5.03. The fourth-order valence-corrected chi connectivity index (χ4v) is 3.64. The molecule has 0 spiro atoms. The van der Waals surface area contributed by atoms with Crippen molar-refractivity contribution in [1.82, 2.24) is 24.6 Å². The zero-order chi connectivity index (χ0) is 19.8. The van der Waals surface area contributed by atoms with Crippen LogP contribution in [0.2, 0.25) is 0 Å². The standard InChI is InChI=1S/C20H24N6O2/c1-13-9-14(2)26(23-13)19-11-18(21-12-22-19)24-5-7-25(8-6-24)20(27)17-10-15(3)28-16(17)4/h9-12H,5-8H2,1-4H3. The Hall–Kier alpha value is -3.16. The Morgan fingerprint density at radius 1 is 0.964 bits per heavy atom. The van der Waals surface area contributed by atoms with Crippen molar-refractivity contribution in [2.24, 2.45) is 0 Å². The minimum atomic E-state index is 0.0278. The molecule has 1 saturated heterocycles. The second-order valence-corrected chi connectivity index (χ2v) is 7.18. The van der Waals surface area contributed by atoms with Gasteiger partial charge in [0.25, 0.3) is 5.91 Å². The van der Waals surface area contributed by atoms with Crippen molar-refractivity contribution >= 4 is 11.7 Å². The number of nitrogens with zero attached hydrogens (tertiary/aromatic N) is 6. The largest absolute Gasteiger partial charge is 0.466 e. The van der Waals surface area contributed by atoms with E-state index in [1.165, 1.54) is 0 Å². The maximum atomic E-state index is 12.8. The lowest BCUT2D eigenvalue weighted by atomic mass is 10.2. The van der Waals surface area contributed by atoms with Gasteiger partial charge < -0.3 is 14.2 Å². The average Bonchev–Trinajstić information content (AvgIpc) is 3.21. The third-order valence-corrected chi connectivity index (χ3v) is 5.03. The Balaban J connectivity index is 1.47. The highest BCUT2D eigenvalue weighted by Crippen LogP contribution is 2.20.